The van der Waals surface area contributed by atoms with Crippen LogP contribution in [0, 0.1) is 0 Å². The smallest absolute Gasteiger partial charge is 1.00 e. The number of carboxylic acid groups (broad SMARTS) is 2. The minimum atomic E-state index is -2.19. The van der Waals surface area contributed by atoms with Gasteiger partial charge in [-0.15, -0.1) is 0 Å². The van der Waals surface area contributed by atoms with Crippen molar-refractivity contribution in [2.24, 2.45) is 0 Å². The number of rotatable bonds is 0. The van der Waals surface area contributed by atoms with Crippen molar-refractivity contribution >= 4 is 35.0 Å². The molecule has 0 unspecified atom stereocenters. The standard InChI is InChI=1S/C2H2O4.ClH.Mg.4Na/c3-1(4)2(5)6;;;;;;/h(H,3,4)(H,5,6);1H;;;;;/q;;+2;4*+1/p-3. The van der Waals surface area contributed by atoms with Crippen molar-refractivity contribution in [1.82, 2.24) is 0 Å². The van der Waals surface area contributed by atoms with Gasteiger partial charge in [0.1, 0.15) is 0 Å². The molecule has 10 heteroatoms. The predicted octanol–water partition coefficient (Wildman–Crippen LogP) is -18.9. The SMILES string of the molecule is O=C([O-])C(=O)[O-].[Cl-].[Mg+2].[Na+].[Na+].[Na+].[Na+]. The maximum Gasteiger partial charge on any atom is 2.00 e. The zero-order chi connectivity index (χ0) is 5.15. The molecular formula is C2ClMgNa4O4+3. The molecule has 0 aliphatic rings. The Hall–Kier alpha value is 4.00. The number of hydrogen-bond acceptors (Lipinski definition) is 4. The van der Waals surface area contributed by atoms with Crippen LogP contribution in [0.5, 0.6) is 0 Å². The molecule has 0 aromatic heterocycles. The Balaban J connectivity index is -0.00000000833. The van der Waals surface area contributed by atoms with Crippen LogP contribution in [-0.4, -0.2) is 35.0 Å². The van der Waals surface area contributed by atoms with Crippen molar-refractivity contribution < 1.29 is 150 Å². The Labute approximate surface area is 181 Å². The summed E-state index contributed by atoms with van der Waals surface area (Å²) in [6.45, 7) is 0. The molecule has 0 amide bonds. The molecule has 4 nitrogen and oxygen atoms in total. The van der Waals surface area contributed by atoms with Gasteiger partial charge in [-0.25, -0.2) is 0 Å². The van der Waals surface area contributed by atoms with Crippen LogP contribution in [0.3, 0.4) is 0 Å². The Bertz CT molecular complexity index is 91.1. The number of carbonyl (C=O) groups is 2. The van der Waals surface area contributed by atoms with E-state index in [9.17, 15) is 0 Å². The van der Waals surface area contributed by atoms with E-state index in [1.807, 2.05) is 0 Å². The third kappa shape index (κ3) is 37.0. The summed E-state index contributed by atoms with van der Waals surface area (Å²) in [7, 11) is 0. The molecule has 0 aromatic carbocycles. The van der Waals surface area contributed by atoms with Gasteiger partial charge in [-0.2, -0.15) is 0 Å². The number of carboxylic acids is 2. The van der Waals surface area contributed by atoms with E-state index in [4.69, 9.17) is 19.8 Å². The molecule has 0 rings (SSSR count). The van der Waals surface area contributed by atoms with E-state index >= 15 is 0 Å². The fourth-order valence-corrected chi connectivity index (χ4v) is 0. The summed E-state index contributed by atoms with van der Waals surface area (Å²) in [6, 6.07) is 0. The van der Waals surface area contributed by atoms with Crippen LogP contribution >= 0.6 is 0 Å². The first-order chi connectivity index (χ1) is 2.64. The monoisotopic (exact) mass is 239 g/mol. The van der Waals surface area contributed by atoms with Crippen LogP contribution in [0.2, 0.25) is 0 Å². The summed E-state index contributed by atoms with van der Waals surface area (Å²) in [4.78, 5) is 17.9. The average Bonchev–Trinajstić information content (AvgIpc) is 1.36. The molecule has 0 radical (unpaired) electrons. The van der Waals surface area contributed by atoms with E-state index in [0.717, 1.165) is 0 Å². The van der Waals surface area contributed by atoms with Crippen molar-refractivity contribution in [3.05, 3.63) is 0 Å². The van der Waals surface area contributed by atoms with E-state index in [1.54, 1.807) is 0 Å². The topological polar surface area (TPSA) is 80.3 Å². The van der Waals surface area contributed by atoms with Gasteiger partial charge >= 0.3 is 141 Å². The molecule has 0 bridgehead atoms. The molecule has 0 fully saturated rings. The Kier molecular flexibility index (Phi) is 109. The van der Waals surface area contributed by atoms with Crippen molar-refractivity contribution in [2.45, 2.75) is 0 Å². The van der Waals surface area contributed by atoms with E-state index in [1.165, 1.54) is 0 Å². The molecule has 0 aromatic rings. The van der Waals surface area contributed by atoms with E-state index in [2.05, 4.69) is 0 Å². The molecule has 12 heavy (non-hydrogen) atoms. The van der Waals surface area contributed by atoms with Crippen molar-refractivity contribution in [2.75, 3.05) is 0 Å². The van der Waals surface area contributed by atoms with Crippen LogP contribution in [0.1, 0.15) is 0 Å². The number of halogens is 1. The second kappa shape index (κ2) is 29.4. The Morgan fingerprint density at radius 2 is 0.833 bits per heavy atom. The Morgan fingerprint density at radius 3 is 0.833 bits per heavy atom. The molecule has 0 heterocycles. The van der Waals surface area contributed by atoms with Gasteiger partial charge in [0.2, 0.25) is 0 Å². The molecule has 0 atom stereocenters. The minimum Gasteiger partial charge on any atom is -1.00 e. The van der Waals surface area contributed by atoms with Gasteiger partial charge in [0.15, 0.2) is 0 Å². The van der Waals surface area contributed by atoms with Crippen LogP contribution in [0.15, 0.2) is 0 Å². The summed E-state index contributed by atoms with van der Waals surface area (Å²) in [5, 5.41) is 17.9. The summed E-state index contributed by atoms with van der Waals surface area (Å²) in [6.07, 6.45) is 0. The maximum atomic E-state index is 8.93. The van der Waals surface area contributed by atoms with Crippen molar-refractivity contribution in [3.63, 3.8) is 0 Å². The zero-order valence-corrected chi connectivity index (χ0v) is 17.9. The molecular weight excluding hydrogens is 240 g/mol. The predicted molar refractivity (Wildman–Crippen MR) is 15.8 cm³/mol. The van der Waals surface area contributed by atoms with Crippen LogP contribution < -0.4 is 141 Å². The Morgan fingerprint density at radius 1 is 0.750 bits per heavy atom. The van der Waals surface area contributed by atoms with E-state index < -0.39 is 11.9 Å². The molecule has 42 valence electrons. The van der Waals surface area contributed by atoms with Gasteiger partial charge in [0, 0.05) is 0 Å². The van der Waals surface area contributed by atoms with Crippen molar-refractivity contribution in [3.8, 4) is 0 Å². The number of hydrogen-bond donors (Lipinski definition) is 0. The molecule has 0 saturated heterocycles. The van der Waals surface area contributed by atoms with Gasteiger partial charge in [-0.3, -0.25) is 0 Å². The second-order valence-electron chi connectivity index (χ2n) is 0.575. The van der Waals surface area contributed by atoms with Crippen LogP contribution in [0.25, 0.3) is 0 Å². The number of carbonyl (C=O) groups excluding carboxylic acids is 2. The van der Waals surface area contributed by atoms with Crippen LogP contribution in [-0.2, 0) is 9.59 Å². The van der Waals surface area contributed by atoms with Gasteiger partial charge in [-0.1, -0.05) is 0 Å². The average molecular weight is 240 g/mol. The van der Waals surface area contributed by atoms with Crippen LogP contribution in [0.4, 0.5) is 0 Å². The van der Waals surface area contributed by atoms with Gasteiger partial charge < -0.3 is 32.2 Å². The normalized spacial score (nSPS) is 3.67. The third-order valence-electron chi connectivity index (χ3n) is 0.167. The van der Waals surface area contributed by atoms with Gasteiger partial charge in [-0.05, 0) is 0 Å². The summed E-state index contributed by atoms with van der Waals surface area (Å²) in [5.41, 5.74) is 0. The van der Waals surface area contributed by atoms with E-state index in [0.29, 0.717) is 0 Å². The fourth-order valence-electron chi connectivity index (χ4n) is 0. The van der Waals surface area contributed by atoms with Crippen molar-refractivity contribution in [1.29, 1.82) is 0 Å². The summed E-state index contributed by atoms with van der Waals surface area (Å²) in [5.74, 6) is -4.37. The first-order valence-corrected chi connectivity index (χ1v) is 1.07. The summed E-state index contributed by atoms with van der Waals surface area (Å²) < 4.78 is 0. The largest absolute Gasteiger partial charge is 2.00 e. The molecule has 0 spiro atoms. The van der Waals surface area contributed by atoms with Gasteiger partial charge in [0.05, 0.1) is 11.9 Å². The molecule has 0 N–H and O–H groups in total. The van der Waals surface area contributed by atoms with Gasteiger partial charge in [0.25, 0.3) is 0 Å². The van der Waals surface area contributed by atoms with E-state index in [-0.39, 0.29) is 154 Å². The number of aliphatic carboxylic acids is 2. The molecule has 0 aliphatic heterocycles. The fraction of sp³-hybridized carbons (Fsp3) is 0. The third-order valence-corrected chi connectivity index (χ3v) is 0.167. The molecule has 0 saturated carbocycles. The maximum absolute atomic E-state index is 8.93. The first-order valence-electron chi connectivity index (χ1n) is 1.07. The summed E-state index contributed by atoms with van der Waals surface area (Å²) >= 11 is 0. The zero-order valence-electron chi connectivity index (χ0n) is 7.72. The minimum absolute atomic E-state index is 0. The first kappa shape index (κ1) is 44.4. The molecule has 0 aliphatic carbocycles. The second-order valence-corrected chi connectivity index (χ2v) is 0.575. The quantitative estimate of drug-likeness (QED) is 0.311.